The summed E-state index contributed by atoms with van der Waals surface area (Å²) in [4.78, 5) is 24.5. The highest BCUT2D eigenvalue weighted by Gasteiger charge is 2.23. The highest BCUT2D eigenvalue weighted by molar-refractivity contribution is 5.87. The highest BCUT2D eigenvalue weighted by Crippen LogP contribution is 2.06. The Morgan fingerprint density at radius 1 is 1.12 bits per heavy atom. The lowest BCUT2D eigenvalue weighted by Gasteiger charge is -2.24. The summed E-state index contributed by atoms with van der Waals surface area (Å²) < 4.78 is 0. The molecule has 0 aliphatic rings. The van der Waals surface area contributed by atoms with Gasteiger partial charge in [-0.3, -0.25) is 4.79 Å². The van der Waals surface area contributed by atoms with Gasteiger partial charge in [-0.1, -0.05) is 43.7 Å². The first-order chi connectivity index (χ1) is 11.6. The first-order valence-corrected chi connectivity index (χ1v) is 8.73. The van der Waals surface area contributed by atoms with Crippen molar-refractivity contribution in [1.29, 1.82) is 0 Å². The molecule has 3 amide bonds. The van der Waals surface area contributed by atoms with Gasteiger partial charge >= 0.3 is 6.03 Å². The van der Waals surface area contributed by atoms with Crippen LogP contribution >= 0.6 is 0 Å². The average Bonchev–Trinajstić information content (AvgIpc) is 2.50. The lowest BCUT2D eigenvalue weighted by atomic mass is 10.0. The summed E-state index contributed by atoms with van der Waals surface area (Å²) >= 11 is 0. The topological polar surface area (TPSA) is 96.2 Å². The third kappa shape index (κ3) is 9.10. The van der Waals surface area contributed by atoms with Gasteiger partial charge in [-0.25, -0.2) is 4.79 Å². The number of hydrogen-bond acceptors (Lipinski definition) is 3. The van der Waals surface area contributed by atoms with Crippen molar-refractivity contribution in [3.63, 3.8) is 0 Å². The van der Waals surface area contributed by atoms with Crippen LogP contribution in [0.1, 0.15) is 45.2 Å². The zero-order chi connectivity index (χ0) is 19.0. The fraction of sp³-hybridized carbons (Fsp3) is 0.579. The molecule has 1 aromatic carbocycles. The fourth-order valence-corrected chi connectivity index (χ4v) is 2.24. The van der Waals surface area contributed by atoms with Crippen molar-refractivity contribution in [1.82, 2.24) is 16.0 Å². The molecule has 1 unspecified atom stereocenters. The van der Waals surface area contributed by atoms with Crippen molar-refractivity contribution in [2.24, 2.45) is 11.7 Å². The lowest BCUT2D eigenvalue weighted by molar-refractivity contribution is -0.123. The van der Waals surface area contributed by atoms with Crippen molar-refractivity contribution >= 4 is 11.9 Å². The Morgan fingerprint density at radius 2 is 1.72 bits per heavy atom. The van der Waals surface area contributed by atoms with E-state index >= 15 is 0 Å². The molecule has 1 rings (SSSR count). The van der Waals surface area contributed by atoms with Gasteiger partial charge in [-0.15, -0.1) is 0 Å². The molecule has 0 bridgehead atoms. The number of nitrogens with two attached hydrogens (primary N) is 1. The van der Waals surface area contributed by atoms with E-state index in [4.69, 9.17) is 5.73 Å². The first kappa shape index (κ1) is 21.0. The van der Waals surface area contributed by atoms with Gasteiger partial charge in [0.1, 0.15) is 6.04 Å². The molecular formula is C19H32N4O2. The van der Waals surface area contributed by atoms with Crippen molar-refractivity contribution < 1.29 is 9.59 Å². The lowest BCUT2D eigenvalue weighted by Crippen LogP contribution is -2.53. The number of amides is 3. The number of carbonyl (C=O) groups is 2. The number of carbonyl (C=O) groups excluding carboxylic acids is 2. The van der Waals surface area contributed by atoms with Crippen LogP contribution in [0, 0.1) is 12.8 Å². The predicted molar refractivity (Wildman–Crippen MR) is 101 cm³/mol. The molecule has 0 aromatic heterocycles. The summed E-state index contributed by atoms with van der Waals surface area (Å²) in [6.07, 6.45) is 0.564. The minimum Gasteiger partial charge on any atom is -0.352 e. The summed E-state index contributed by atoms with van der Waals surface area (Å²) in [5.41, 5.74) is 7.58. The van der Waals surface area contributed by atoms with Crippen LogP contribution in [0.3, 0.4) is 0 Å². The first-order valence-electron chi connectivity index (χ1n) is 8.73. The van der Waals surface area contributed by atoms with Crippen LogP contribution < -0.4 is 21.7 Å². The second kappa shape index (κ2) is 9.42. The molecule has 0 saturated heterocycles. The van der Waals surface area contributed by atoms with Gasteiger partial charge in [0.05, 0.1) is 0 Å². The SMILES string of the molecule is Cc1ccc(CNC(=O)NC(CC(C)C)C(=O)NCC(C)(C)N)cc1. The monoisotopic (exact) mass is 348 g/mol. The van der Waals surface area contributed by atoms with E-state index in [0.717, 1.165) is 5.56 Å². The van der Waals surface area contributed by atoms with E-state index in [1.165, 1.54) is 5.56 Å². The summed E-state index contributed by atoms with van der Waals surface area (Å²) in [5.74, 6) is 0.0664. The van der Waals surface area contributed by atoms with Crippen LogP contribution in [0.5, 0.6) is 0 Å². The molecule has 0 aliphatic carbocycles. The summed E-state index contributed by atoms with van der Waals surface area (Å²) in [6.45, 7) is 10.5. The van der Waals surface area contributed by atoms with E-state index in [0.29, 0.717) is 19.5 Å². The molecule has 0 radical (unpaired) electrons. The zero-order valence-corrected chi connectivity index (χ0v) is 16.0. The van der Waals surface area contributed by atoms with Gasteiger partial charge in [0.2, 0.25) is 5.91 Å². The number of urea groups is 1. The van der Waals surface area contributed by atoms with Crippen LogP contribution in [-0.2, 0) is 11.3 Å². The van der Waals surface area contributed by atoms with Crippen LogP contribution in [0.15, 0.2) is 24.3 Å². The molecule has 0 saturated carbocycles. The summed E-state index contributed by atoms with van der Waals surface area (Å²) in [7, 11) is 0. The van der Waals surface area contributed by atoms with E-state index < -0.39 is 11.6 Å². The van der Waals surface area contributed by atoms with E-state index in [2.05, 4.69) is 16.0 Å². The van der Waals surface area contributed by atoms with Crippen molar-refractivity contribution in [2.75, 3.05) is 6.54 Å². The maximum absolute atomic E-state index is 12.4. The molecule has 140 valence electrons. The normalized spacial score (nSPS) is 12.6. The van der Waals surface area contributed by atoms with Crippen LogP contribution in [0.4, 0.5) is 4.79 Å². The number of aryl methyl sites for hydroxylation is 1. The molecule has 5 N–H and O–H groups in total. The molecular weight excluding hydrogens is 316 g/mol. The number of benzene rings is 1. The molecule has 1 atom stereocenters. The number of rotatable bonds is 8. The summed E-state index contributed by atoms with van der Waals surface area (Å²) in [5, 5.41) is 8.36. The van der Waals surface area contributed by atoms with E-state index in [1.807, 2.05) is 58.9 Å². The Kier molecular flexibility index (Phi) is 7.90. The molecule has 6 nitrogen and oxygen atoms in total. The third-order valence-corrected chi connectivity index (χ3v) is 3.62. The van der Waals surface area contributed by atoms with E-state index in [9.17, 15) is 9.59 Å². The molecule has 0 heterocycles. The highest BCUT2D eigenvalue weighted by atomic mass is 16.2. The zero-order valence-electron chi connectivity index (χ0n) is 16.0. The van der Waals surface area contributed by atoms with Gasteiger partial charge in [0.25, 0.3) is 0 Å². The number of hydrogen-bond donors (Lipinski definition) is 4. The predicted octanol–water partition coefficient (Wildman–Crippen LogP) is 2.06. The Morgan fingerprint density at radius 3 is 2.24 bits per heavy atom. The standard InChI is InChI=1S/C19H32N4O2/c1-13(2)10-16(17(24)22-12-19(4,5)20)23-18(25)21-11-15-8-6-14(3)7-9-15/h6-9,13,16H,10-12,20H2,1-5H3,(H,22,24)(H2,21,23,25). The van der Waals surface area contributed by atoms with Gasteiger partial charge in [-0.2, -0.15) is 0 Å². The second-order valence-corrected chi connectivity index (χ2v) is 7.70. The van der Waals surface area contributed by atoms with Crippen molar-refractivity contribution in [3.8, 4) is 0 Å². The largest absolute Gasteiger partial charge is 0.352 e. The van der Waals surface area contributed by atoms with Crippen LogP contribution in [0.25, 0.3) is 0 Å². The van der Waals surface area contributed by atoms with E-state index in [-0.39, 0.29) is 17.9 Å². The average molecular weight is 348 g/mol. The Labute approximate surface area is 150 Å². The quantitative estimate of drug-likeness (QED) is 0.579. The molecule has 0 spiro atoms. The molecule has 25 heavy (non-hydrogen) atoms. The van der Waals surface area contributed by atoms with Gasteiger partial charge in [0, 0.05) is 18.6 Å². The van der Waals surface area contributed by atoms with Crippen molar-refractivity contribution in [3.05, 3.63) is 35.4 Å². The van der Waals surface area contributed by atoms with Gasteiger partial charge < -0.3 is 21.7 Å². The fourth-order valence-electron chi connectivity index (χ4n) is 2.24. The van der Waals surface area contributed by atoms with Gasteiger partial charge in [0.15, 0.2) is 0 Å². The Hall–Kier alpha value is -2.08. The smallest absolute Gasteiger partial charge is 0.315 e. The second-order valence-electron chi connectivity index (χ2n) is 7.70. The van der Waals surface area contributed by atoms with Crippen LogP contribution in [0.2, 0.25) is 0 Å². The van der Waals surface area contributed by atoms with Gasteiger partial charge in [-0.05, 0) is 38.7 Å². The minimum atomic E-state index is -0.583. The van der Waals surface area contributed by atoms with Crippen LogP contribution in [-0.4, -0.2) is 30.1 Å². The summed E-state index contributed by atoms with van der Waals surface area (Å²) in [6, 6.07) is 7.00. The Bertz CT molecular complexity index is 562. The third-order valence-electron chi connectivity index (χ3n) is 3.62. The molecule has 0 fully saturated rings. The molecule has 0 aliphatic heterocycles. The molecule has 6 heteroatoms. The maximum Gasteiger partial charge on any atom is 0.315 e. The van der Waals surface area contributed by atoms with Crippen molar-refractivity contribution in [2.45, 2.75) is 59.2 Å². The molecule has 1 aromatic rings. The maximum atomic E-state index is 12.4. The van der Waals surface area contributed by atoms with E-state index in [1.54, 1.807) is 0 Å². The minimum absolute atomic E-state index is 0.210. The number of nitrogens with one attached hydrogen (secondary N) is 3. The Balaban J connectivity index is 2.56.